The molecule has 114 valence electrons. The van der Waals surface area contributed by atoms with Crippen LogP contribution in [0.3, 0.4) is 0 Å². The Bertz CT molecular complexity index is 487. The van der Waals surface area contributed by atoms with Gasteiger partial charge in [-0.3, -0.25) is 4.79 Å². The Labute approximate surface area is 127 Å². The summed E-state index contributed by atoms with van der Waals surface area (Å²) in [5.74, 6) is 0.534. The van der Waals surface area contributed by atoms with Gasteiger partial charge in [-0.15, -0.1) is 0 Å². The maximum absolute atomic E-state index is 12.4. The minimum atomic E-state index is -0.492. The number of hydrogen-bond donors (Lipinski definition) is 1. The molecule has 2 aliphatic rings. The Morgan fingerprint density at radius 2 is 2.05 bits per heavy atom. The molecular weight excluding hydrogens is 262 g/mol. The summed E-state index contributed by atoms with van der Waals surface area (Å²) in [6.45, 7) is 1.48. The van der Waals surface area contributed by atoms with Crippen LogP contribution in [-0.4, -0.2) is 34.6 Å². The number of hydrogen-bond acceptors (Lipinski definition) is 2. The van der Waals surface area contributed by atoms with Crippen LogP contribution in [0.15, 0.2) is 30.3 Å². The highest BCUT2D eigenvalue weighted by Crippen LogP contribution is 2.39. The van der Waals surface area contributed by atoms with Crippen LogP contribution in [-0.2, 0) is 11.2 Å². The van der Waals surface area contributed by atoms with Gasteiger partial charge in [0.05, 0.1) is 5.60 Å². The van der Waals surface area contributed by atoms with E-state index in [0.29, 0.717) is 12.3 Å². The van der Waals surface area contributed by atoms with Gasteiger partial charge in [0.25, 0.3) is 0 Å². The number of nitrogens with zero attached hydrogens (tertiary/aromatic N) is 1. The molecule has 21 heavy (non-hydrogen) atoms. The summed E-state index contributed by atoms with van der Waals surface area (Å²) in [6, 6.07) is 10.2. The molecule has 0 spiro atoms. The van der Waals surface area contributed by atoms with E-state index < -0.39 is 5.60 Å². The molecule has 3 rings (SSSR count). The molecule has 2 fully saturated rings. The van der Waals surface area contributed by atoms with Crippen molar-refractivity contribution in [2.45, 2.75) is 50.5 Å². The fourth-order valence-corrected chi connectivity index (χ4v) is 3.85. The summed E-state index contributed by atoms with van der Waals surface area (Å²) >= 11 is 0. The molecule has 3 nitrogen and oxygen atoms in total. The van der Waals surface area contributed by atoms with Gasteiger partial charge in [0, 0.05) is 25.4 Å². The van der Waals surface area contributed by atoms with E-state index in [1.165, 1.54) is 12.0 Å². The second-order valence-corrected chi connectivity index (χ2v) is 6.62. The van der Waals surface area contributed by atoms with Gasteiger partial charge in [0.15, 0.2) is 0 Å². The number of rotatable bonds is 3. The molecule has 1 saturated heterocycles. The van der Waals surface area contributed by atoms with E-state index in [9.17, 15) is 9.90 Å². The average Bonchev–Trinajstić information content (AvgIpc) is 2.52. The van der Waals surface area contributed by atoms with E-state index in [1.807, 2.05) is 23.1 Å². The maximum Gasteiger partial charge on any atom is 0.222 e. The Kier molecular flexibility index (Phi) is 4.29. The van der Waals surface area contributed by atoms with Crippen LogP contribution in [0.2, 0.25) is 0 Å². The van der Waals surface area contributed by atoms with Gasteiger partial charge >= 0.3 is 0 Å². The van der Waals surface area contributed by atoms with Crippen molar-refractivity contribution in [1.29, 1.82) is 0 Å². The Hall–Kier alpha value is -1.35. The van der Waals surface area contributed by atoms with E-state index in [0.717, 1.165) is 45.2 Å². The van der Waals surface area contributed by atoms with Crippen LogP contribution in [0, 0.1) is 5.92 Å². The summed E-state index contributed by atoms with van der Waals surface area (Å²) < 4.78 is 0. The minimum Gasteiger partial charge on any atom is -0.389 e. The van der Waals surface area contributed by atoms with Crippen LogP contribution < -0.4 is 0 Å². The number of fused-ring (bicyclic) bond motifs is 1. The molecule has 1 aromatic rings. The number of piperidine rings is 1. The van der Waals surface area contributed by atoms with E-state index in [-0.39, 0.29) is 5.91 Å². The van der Waals surface area contributed by atoms with Crippen molar-refractivity contribution >= 4 is 5.91 Å². The maximum atomic E-state index is 12.4. The second-order valence-electron chi connectivity index (χ2n) is 6.62. The molecule has 0 bridgehead atoms. The molecule has 2 unspecified atom stereocenters. The summed E-state index contributed by atoms with van der Waals surface area (Å²) in [5, 5.41) is 10.7. The van der Waals surface area contributed by atoms with Crippen LogP contribution in [0.1, 0.15) is 44.1 Å². The van der Waals surface area contributed by atoms with E-state index in [4.69, 9.17) is 0 Å². The molecule has 1 aliphatic carbocycles. The minimum absolute atomic E-state index is 0.242. The van der Waals surface area contributed by atoms with Gasteiger partial charge in [-0.2, -0.15) is 0 Å². The predicted octanol–water partition coefficient (Wildman–Crippen LogP) is 2.77. The molecule has 1 heterocycles. The highest BCUT2D eigenvalue weighted by Gasteiger charge is 2.43. The lowest BCUT2D eigenvalue weighted by atomic mass is 9.71. The van der Waals surface area contributed by atoms with E-state index in [2.05, 4.69) is 12.1 Å². The van der Waals surface area contributed by atoms with Crippen LogP contribution in [0.4, 0.5) is 0 Å². The Balaban J connectivity index is 1.54. The number of aliphatic hydroxyl groups is 1. The number of carbonyl (C=O) groups excluding carboxylic acids is 1. The van der Waals surface area contributed by atoms with Crippen molar-refractivity contribution in [1.82, 2.24) is 4.90 Å². The molecule has 1 saturated carbocycles. The highest BCUT2D eigenvalue weighted by molar-refractivity contribution is 5.76. The van der Waals surface area contributed by atoms with Crippen molar-refractivity contribution in [3.8, 4) is 0 Å². The Morgan fingerprint density at radius 3 is 2.86 bits per heavy atom. The molecule has 1 aliphatic heterocycles. The molecule has 0 aromatic heterocycles. The number of likely N-dealkylation sites (tertiary alicyclic amines) is 1. The summed E-state index contributed by atoms with van der Waals surface area (Å²) in [4.78, 5) is 14.4. The number of amides is 1. The first kappa shape index (κ1) is 14.6. The lowest BCUT2D eigenvalue weighted by molar-refractivity contribution is -0.143. The van der Waals surface area contributed by atoms with Crippen LogP contribution in [0.5, 0.6) is 0 Å². The zero-order valence-electron chi connectivity index (χ0n) is 12.6. The third-order valence-electron chi connectivity index (χ3n) is 5.25. The lowest BCUT2D eigenvalue weighted by Gasteiger charge is -2.47. The smallest absolute Gasteiger partial charge is 0.222 e. The van der Waals surface area contributed by atoms with Crippen molar-refractivity contribution in [2.24, 2.45) is 5.92 Å². The van der Waals surface area contributed by atoms with Gasteiger partial charge in [-0.05, 0) is 31.2 Å². The SMILES string of the molecule is O=C(CCc1ccccc1)N1CCC2(O)CCCCC2C1. The number of aryl methyl sites for hydroxylation is 1. The van der Waals surface area contributed by atoms with E-state index in [1.54, 1.807) is 0 Å². The standard InChI is InChI=1S/C18H25NO2/c20-17(10-9-15-6-2-1-3-7-15)19-13-12-18(21)11-5-4-8-16(18)14-19/h1-3,6-7,16,21H,4-5,8-14H2. The summed E-state index contributed by atoms with van der Waals surface area (Å²) in [6.07, 6.45) is 6.46. The Morgan fingerprint density at radius 1 is 1.24 bits per heavy atom. The lowest BCUT2D eigenvalue weighted by Crippen LogP contribution is -2.54. The normalized spacial score (nSPS) is 29.0. The van der Waals surface area contributed by atoms with Crippen molar-refractivity contribution < 1.29 is 9.90 Å². The largest absolute Gasteiger partial charge is 0.389 e. The van der Waals surface area contributed by atoms with Crippen LogP contribution in [0.25, 0.3) is 0 Å². The van der Waals surface area contributed by atoms with Crippen molar-refractivity contribution in [2.75, 3.05) is 13.1 Å². The molecule has 1 amide bonds. The third kappa shape index (κ3) is 3.29. The van der Waals surface area contributed by atoms with Gasteiger partial charge in [0.2, 0.25) is 5.91 Å². The first-order chi connectivity index (χ1) is 10.2. The van der Waals surface area contributed by atoms with Gasteiger partial charge in [-0.25, -0.2) is 0 Å². The zero-order chi connectivity index (χ0) is 14.7. The highest BCUT2D eigenvalue weighted by atomic mass is 16.3. The molecule has 3 heteroatoms. The molecule has 1 N–H and O–H groups in total. The summed E-state index contributed by atoms with van der Waals surface area (Å²) in [5.41, 5.74) is 0.728. The molecule has 2 atom stereocenters. The van der Waals surface area contributed by atoms with Crippen molar-refractivity contribution in [3.63, 3.8) is 0 Å². The fourth-order valence-electron chi connectivity index (χ4n) is 3.85. The molecular formula is C18H25NO2. The average molecular weight is 287 g/mol. The van der Waals surface area contributed by atoms with Crippen LogP contribution >= 0.6 is 0 Å². The van der Waals surface area contributed by atoms with Gasteiger partial charge in [0.1, 0.15) is 0 Å². The second kappa shape index (κ2) is 6.18. The predicted molar refractivity (Wildman–Crippen MR) is 82.9 cm³/mol. The van der Waals surface area contributed by atoms with Crippen molar-refractivity contribution in [3.05, 3.63) is 35.9 Å². The number of carbonyl (C=O) groups is 1. The monoisotopic (exact) mass is 287 g/mol. The number of benzene rings is 1. The topological polar surface area (TPSA) is 40.5 Å². The quantitative estimate of drug-likeness (QED) is 0.928. The first-order valence-electron chi connectivity index (χ1n) is 8.21. The van der Waals surface area contributed by atoms with E-state index >= 15 is 0 Å². The van der Waals surface area contributed by atoms with Gasteiger partial charge < -0.3 is 10.0 Å². The fraction of sp³-hybridized carbons (Fsp3) is 0.611. The third-order valence-corrected chi connectivity index (χ3v) is 5.25. The molecule has 1 aromatic carbocycles. The van der Waals surface area contributed by atoms with Gasteiger partial charge in [-0.1, -0.05) is 43.2 Å². The molecule has 0 radical (unpaired) electrons. The summed E-state index contributed by atoms with van der Waals surface area (Å²) in [7, 11) is 0. The zero-order valence-corrected chi connectivity index (χ0v) is 12.6. The first-order valence-corrected chi connectivity index (χ1v) is 8.21.